The summed E-state index contributed by atoms with van der Waals surface area (Å²) in [5, 5.41) is 0. The van der Waals surface area contributed by atoms with Gasteiger partial charge in [-0.2, -0.15) is 0 Å². The molecule has 0 amide bonds. The highest BCUT2D eigenvalue weighted by Gasteiger charge is 2.24. The van der Waals surface area contributed by atoms with Gasteiger partial charge in [-0.15, -0.1) is 0 Å². The summed E-state index contributed by atoms with van der Waals surface area (Å²) in [6.07, 6.45) is 2.98. The maximum Gasteiger partial charge on any atom is 0.146 e. The molecule has 0 bridgehead atoms. The second-order valence-electron chi connectivity index (χ2n) is 3.02. The highest BCUT2D eigenvalue weighted by atomic mass is 19.1. The van der Waals surface area contributed by atoms with Crippen LogP contribution in [-0.4, -0.2) is 18.6 Å². The lowest BCUT2D eigenvalue weighted by molar-refractivity contribution is 0.202. The Morgan fingerprint density at radius 2 is 2.31 bits per heavy atom. The van der Waals surface area contributed by atoms with Gasteiger partial charge >= 0.3 is 0 Å². The quantitative estimate of drug-likeness (QED) is 0.768. The lowest BCUT2D eigenvalue weighted by atomic mass is 10.0. The Kier molecular flexibility index (Phi) is 2.83. The van der Waals surface area contributed by atoms with Crippen molar-refractivity contribution in [2.45, 2.75) is 12.6 Å². The van der Waals surface area contributed by atoms with Crippen LogP contribution in [0.1, 0.15) is 12.5 Å². The predicted molar refractivity (Wildman–Crippen MR) is 48.3 cm³/mol. The average Bonchev–Trinajstić information content (AvgIpc) is 2.18. The number of hydrogen-bond acceptors (Lipinski definition) is 3. The third kappa shape index (κ3) is 2.15. The molecular weight excluding hydrogens is 171 g/mol. The van der Waals surface area contributed by atoms with E-state index in [9.17, 15) is 4.39 Å². The molecule has 1 unspecified atom stereocenters. The maximum atomic E-state index is 13.6. The zero-order valence-electron chi connectivity index (χ0n) is 7.75. The van der Waals surface area contributed by atoms with E-state index in [1.165, 1.54) is 26.4 Å². The summed E-state index contributed by atoms with van der Waals surface area (Å²) in [7, 11) is 1.51. The van der Waals surface area contributed by atoms with Crippen LogP contribution in [0.4, 0.5) is 4.39 Å². The van der Waals surface area contributed by atoms with E-state index in [1.807, 2.05) is 0 Å². The summed E-state index contributed by atoms with van der Waals surface area (Å²) in [5.41, 5.74) is 4.19. The van der Waals surface area contributed by atoms with Gasteiger partial charge in [0.05, 0.1) is 13.3 Å². The molecule has 2 N–H and O–H groups in total. The zero-order valence-corrected chi connectivity index (χ0v) is 7.75. The largest absolute Gasteiger partial charge is 0.495 e. The number of methoxy groups -OCH3 is 1. The molecule has 3 nitrogen and oxygen atoms in total. The molecule has 0 aliphatic rings. The van der Waals surface area contributed by atoms with Crippen LogP contribution in [0.15, 0.2) is 18.5 Å². The second-order valence-corrected chi connectivity index (χ2v) is 3.02. The molecule has 0 saturated heterocycles. The molecule has 0 saturated carbocycles. The molecule has 0 fully saturated rings. The summed E-state index contributed by atoms with van der Waals surface area (Å²) < 4.78 is 18.6. The Hall–Kier alpha value is -1.16. The molecule has 4 heteroatoms. The Balaban J connectivity index is 3.01. The van der Waals surface area contributed by atoms with Crippen molar-refractivity contribution in [3.8, 4) is 5.75 Å². The van der Waals surface area contributed by atoms with Crippen LogP contribution >= 0.6 is 0 Å². The fourth-order valence-electron chi connectivity index (χ4n) is 0.933. The Bertz CT molecular complexity index is 289. The SMILES string of the molecule is COc1cncc(C(C)(F)CN)c1. The van der Waals surface area contributed by atoms with Gasteiger partial charge in [0, 0.05) is 18.3 Å². The molecule has 0 spiro atoms. The third-order valence-electron chi connectivity index (χ3n) is 1.93. The van der Waals surface area contributed by atoms with E-state index in [1.54, 1.807) is 6.07 Å². The van der Waals surface area contributed by atoms with Crippen molar-refractivity contribution in [2.24, 2.45) is 5.73 Å². The summed E-state index contributed by atoms with van der Waals surface area (Å²) in [5.74, 6) is 0.537. The molecule has 0 aliphatic heterocycles. The zero-order chi connectivity index (χ0) is 9.90. The lowest BCUT2D eigenvalue weighted by Gasteiger charge is -2.18. The Labute approximate surface area is 76.7 Å². The van der Waals surface area contributed by atoms with Crippen molar-refractivity contribution in [3.05, 3.63) is 24.0 Å². The normalized spacial score (nSPS) is 15.1. The van der Waals surface area contributed by atoms with Crippen LogP contribution in [0.25, 0.3) is 0 Å². The van der Waals surface area contributed by atoms with Crippen molar-refractivity contribution in [2.75, 3.05) is 13.7 Å². The van der Waals surface area contributed by atoms with Crippen LogP contribution in [0, 0.1) is 0 Å². The maximum absolute atomic E-state index is 13.6. The average molecular weight is 184 g/mol. The van der Waals surface area contributed by atoms with Gasteiger partial charge in [-0.05, 0) is 13.0 Å². The van der Waals surface area contributed by atoms with Gasteiger partial charge in [0.1, 0.15) is 11.4 Å². The fourth-order valence-corrected chi connectivity index (χ4v) is 0.933. The number of rotatable bonds is 3. The molecule has 0 radical (unpaired) electrons. The van der Waals surface area contributed by atoms with Gasteiger partial charge in [-0.1, -0.05) is 0 Å². The number of alkyl halides is 1. The van der Waals surface area contributed by atoms with Gasteiger partial charge in [0.15, 0.2) is 0 Å². The van der Waals surface area contributed by atoms with Crippen LogP contribution < -0.4 is 10.5 Å². The van der Waals surface area contributed by atoms with Gasteiger partial charge in [-0.25, -0.2) is 4.39 Å². The Morgan fingerprint density at radius 1 is 1.62 bits per heavy atom. The first kappa shape index (κ1) is 9.92. The molecular formula is C9H13FN2O. The number of pyridine rings is 1. The van der Waals surface area contributed by atoms with E-state index in [2.05, 4.69) is 4.98 Å². The first-order valence-corrected chi connectivity index (χ1v) is 3.98. The van der Waals surface area contributed by atoms with Crippen molar-refractivity contribution in [3.63, 3.8) is 0 Å². The highest BCUT2D eigenvalue weighted by Crippen LogP contribution is 2.25. The number of hydrogen-bond donors (Lipinski definition) is 1. The summed E-state index contributed by atoms with van der Waals surface area (Å²) >= 11 is 0. The van der Waals surface area contributed by atoms with E-state index < -0.39 is 5.67 Å². The van der Waals surface area contributed by atoms with Crippen molar-refractivity contribution in [1.29, 1.82) is 0 Å². The molecule has 1 rings (SSSR count). The Morgan fingerprint density at radius 3 is 2.85 bits per heavy atom. The molecule has 0 aliphatic carbocycles. The topological polar surface area (TPSA) is 48.1 Å². The van der Waals surface area contributed by atoms with Crippen LogP contribution in [0.2, 0.25) is 0 Å². The fraction of sp³-hybridized carbons (Fsp3) is 0.444. The first-order valence-electron chi connectivity index (χ1n) is 3.98. The monoisotopic (exact) mass is 184 g/mol. The number of ether oxygens (including phenoxy) is 1. The van der Waals surface area contributed by atoms with Crippen LogP contribution in [0.5, 0.6) is 5.75 Å². The van der Waals surface area contributed by atoms with E-state index in [4.69, 9.17) is 10.5 Å². The smallest absolute Gasteiger partial charge is 0.146 e. The van der Waals surface area contributed by atoms with Crippen molar-refractivity contribution < 1.29 is 9.13 Å². The standard InChI is InChI=1S/C9H13FN2O/c1-9(10,6-11)7-3-8(13-2)5-12-4-7/h3-5H,6,11H2,1-2H3. The minimum atomic E-state index is -1.54. The molecule has 1 atom stereocenters. The van der Waals surface area contributed by atoms with Crippen molar-refractivity contribution >= 4 is 0 Å². The number of halogens is 1. The second kappa shape index (κ2) is 3.70. The number of nitrogens with zero attached hydrogens (tertiary/aromatic N) is 1. The minimum absolute atomic E-state index is 0.0676. The number of aromatic nitrogens is 1. The lowest BCUT2D eigenvalue weighted by Crippen LogP contribution is -2.26. The van der Waals surface area contributed by atoms with E-state index >= 15 is 0 Å². The minimum Gasteiger partial charge on any atom is -0.495 e. The summed E-state index contributed by atoms with van der Waals surface area (Å²) in [6, 6.07) is 1.60. The molecule has 1 aromatic rings. The van der Waals surface area contributed by atoms with E-state index in [0.29, 0.717) is 11.3 Å². The van der Waals surface area contributed by atoms with Crippen LogP contribution in [-0.2, 0) is 5.67 Å². The predicted octanol–water partition coefficient (Wildman–Crippen LogP) is 1.23. The molecule has 1 aromatic heterocycles. The number of nitrogens with two attached hydrogens (primary N) is 1. The van der Waals surface area contributed by atoms with Gasteiger partial charge < -0.3 is 10.5 Å². The van der Waals surface area contributed by atoms with Gasteiger partial charge in [-0.3, -0.25) is 4.98 Å². The first-order chi connectivity index (χ1) is 6.10. The molecule has 72 valence electrons. The van der Waals surface area contributed by atoms with Gasteiger partial charge in [0.2, 0.25) is 0 Å². The van der Waals surface area contributed by atoms with Crippen LogP contribution in [0.3, 0.4) is 0 Å². The van der Waals surface area contributed by atoms with E-state index in [0.717, 1.165) is 0 Å². The highest BCUT2D eigenvalue weighted by molar-refractivity contribution is 5.27. The van der Waals surface area contributed by atoms with E-state index in [-0.39, 0.29) is 6.54 Å². The molecule has 1 heterocycles. The molecule has 13 heavy (non-hydrogen) atoms. The molecule has 0 aromatic carbocycles. The van der Waals surface area contributed by atoms with Gasteiger partial charge in [0.25, 0.3) is 0 Å². The summed E-state index contributed by atoms with van der Waals surface area (Å²) in [6.45, 7) is 1.35. The third-order valence-corrected chi connectivity index (χ3v) is 1.93. The summed E-state index contributed by atoms with van der Waals surface area (Å²) in [4.78, 5) is 3.85. The van der Waals surface area contributed by atoms with Crippen molar-refractivity contribution in [1.82, 2.24) is 4.98 Å².